The van der Waals surface area contributed by atoms with E-state index in [9.17, 15) is 22.4 Å². The van der Waals surface area contributed by atoms with E-state index < -0.39 is 27.3 Å². The zero-order valence-electron chi connectivity index (χ0n) is 16.0. The van der Waals surface area contributed by atoms with Crippen molar-refractivity contribution in [2.75, 3.05) is 22.5 Å². The van der Waals surface area contributed by atoms with Crippen molar-refractivity contribution in [1.29, 1.82) is 0 Å². The number of anilines is 2. The van der Waals surface area contributed by atoms with Crippen LogP contribution in [-0.4, -0.2) is 32.5 Å². The minimum absolute atomic E-state index is 0.0474. The molecule has 1 aliphatic carbocycles. The lowest BCUT2D eigenvalue weighted by atomic mass is 10.2. The average molecular weight is 495 g/mol. The molecule has 2 aromatic rings. The number of hydrogen-bond donors (Lipinski definition) is 1. The molecule has 1 saturated carbocycles. The van der Waals surface area contributed by atoms with E-state index in [1.807, 2.05) is 0 Å². The molecule has 4 rings (SSSR count). The van der Waals surface area contributed by atoms with Crippen molar-refractivity contribution in [3.05, 3.63) is 52.3 Å². The molecule has 0 unspecified atom stereocenters. The van der Waals surface area contributed by atoms with Gasteiger partial charge in [-0.3, -0.25) is 9.59 Å². The summed E-state index contributed by atoms with van der Waals surface area (Å²) in [6, 6.07) is 8.68. The third-order valence-electron chi connectivity index (χ3n) is 5.26. The lowest BCUT2D eigenvalue weighted by Crippen LogP contribution is -2.30. The highest BCUT2D eigenvalue weighted by molar-refractivity contribution is 9.10. The van der Waals surface area contributed by atoms with Crippen molar-refractivity contribution in [1.82, 2.24) is 0 Å². The van der Waals surface area contributed by atoms with E-state index in [4.69, 9.17) is 0 Å². The summed E-state index contributed by atoms with van der Waals surface area (Å²) >= 11 is 3.33. The zero-order valence-corrected chi connectivity index (χ0v) is 18.4. The Labute approximate surface area is 182 Å². The predicted octanol–water partition coefficient (Wildman–Crippen LogP) is 3.69. The van der Waals surface area contributed by atoms with Gasteiger partial charge in [-0.15, -0.1) is 0 Å². The van der Waals surface area contributed by atoms with Crippen LogP contribution in [-0.2, 0) is 25.8 Å². The first-order valence-corrected chi connectivity index (χ1v) is 12.1. The van der Waals surface area contributed by atoms with Gasteiger partial charge in [0.25, 0.3) is 0 Å². The summed E-state index contributed by atoms with van der Waals surface area (Å²) in [7, 11) is -3.78. The molecule has 158 valence electrons. The number of rotatable bonds is 6. The highest BCUT2D eigenvalue weighted by Crippen LogP contribution is 2.39. The van der Waals surface area contributed by atoms with Crippen LogP contribution in [0.25, 0.3) is 0 Å². The van der Waals surface area contributed by atoms with Crippen LogP contribution in [0, 0.1) is 11.7 Å². The van der Waals surface area contributed by atoms with E-state index >= 15 is 0 Å². The number of benzene rings is 2. The largest absolute Gasteiger partial charge is 0.326 e. The lowest BCUT2D eigenvalue weighted by molar-refractivity contribution is -0.119. The molecule has 1 aliphatic heterocycles. The fraction of sp³-hybridized carbons (Fsp3) is 0.333. The number of hydrogen-bond acceptors (Lipinski definition) is 4. The van der Waals surface area contributed by atoms with Gasteiger partial charge in [-0.25, -0.2) is 12.8 Å². The first-order chi connectivity index (χ1) is 14.2. The number of fused-ring (bicyclic) bond motifs is 1. The molecule has 1 N–H and O–H groups in total. The molecular formula is C21H20BrFN2O4S. The van der Waals surface area contributed by atoms with E-state index in [2.05, 4.69) is 21.2 Å². The number of carbonyl (C=O) groups is 2. The van der Waals surface area contributed by atoms with Crippen molar-refractivity contribution < 1.29 is 22.4 Å². The molecule has 0 bridgehead atoms. The van der Waals surface area contributed by atoms with Crippen molar-refractivity contribution in [3.8, 4) is 0 Å². The quantitative estimate of drug-likeness (QED) is 0.663. The van der Waals surface area contributed by atoms with Crippen LogP contribution in [0.1, 0.15) is 24.8 Å². The maximum Gasteiger partial charge on any atom is 0.230 e. The van der Waals surface area contributed by atoms with Gasteiger partial charge in [0.15, 0.2) is 9.84 Å². The van der Waals surface area contributed by atoms with Crippen LogP contribution in [0.5, 0.6) is 0 Å². The molecule has 0 saturated heterocycles. The second-order valence-electron chi connectivity index (χ2n) is 7.55. The van der Waals surface area contributed by atoms with Gasteiger partial charge in [-0.1, -0.05) is 6.07 Å². The fourth-order valence-electron chi connectivity index (χ4n) is 3.53. The second-order valence-corrected chi connectivity index (χ2v) is 10.5. The number of sulfone groups is 1. The Balaban J connectivity index is 1.49. The van der Waals surface area contributed by atoms with E-state index in [-0.39, 0.29) is 28.8 Å². The standard InChI is InChI=1S/C21H20BrFN2O4S/c22-17-10-14-6-8-25(21(27)13-4-5-13)18(14)12-19(17)30(28,29)9-7-20(26)24-16-3-1-2-15(23)11-16/h1-3,10-13H,4-9H2,(H,24,26). The van der Waals surface area contributed by atoms with Crippen LogP contribution in [0.2, 0.25) is 0 Å². The molecule has 0 radical (unpaired) electrons. The van der Waals surface area contributed by atoms with Gasteiger partial charge >= 0.3 is 0 Å². The van der Waals surface area contributed by atoms with Crippen molar-refractivity contribution in [2.24, 2.45) is 5.92 Å². The predicted molar refractivity (Wildman–Crippen MR) is 115 cm³/mol. The Morgan fingerprint density at radius 3 is 2.67 bits per heavy atom. The van der Waals surface area contributed by atoms with Crippen LogP contribution in [0.15, 0.2) is 45.8 Å². The van der Waals surface area contributed by atoms with Crippen LogP contribution in [0.4, 0.5) is 15.8 Å². The zero-order chi connectivity index (χ0) is 21.5. The Morgan fingerprint density at radius 2 is 1.97 bits per heavy atom. The third kappa shape index (κ3) is 4.41. The van der Waals surface area contributed by atoms with Crippen LogP contribution in [0.3, 0.4) is 0 Å². The summed E-state index contributed by atoms with van der Waals surface area (Å²) in [5.74, 6) is -1.32. The number of nitrogens with zero attached hydrogens (tertiary/aromatic N) is 1. The number of amides is 2. The summed E-state index contributed by atoms with van der Waals surface area (Å²) in [4.78, 5) is 26.4. The molecule has 30 heavy (non-hydrogen) atoms. The first kappa shape index (κ1) is 21.0. The van der Waals surface area contributed by atoms with Crippen LogP contribution < -0.4 is 10.2 Å². The summed E-state index contributed by atoms with van der Waals surface area (Å²) in [5, 5.41) is 2.50. The molecule has 6 nitrogen and oxygen atoms in total. The average Bonchev–Trinajstić information content (AvgIpc) is 3.46. The minimum Gasteiger partial charge on any atom is -0.326 e. The molecule has 1 fully saturated rings. The topological polar surface area (TPSA) is 83.6 Å². The Kier molecular flexibility index (Phi) is 5.67. The van der Waals surface area contributed by atoms with Gasteiger partial charge in [0.05, 0.1) is 10.6 Å². The van der Waals surface area contributed by atoms with Crippen LogP contribution >= 0.6 is 15.9 Å². The normalized spacial score (nSPS) is 15.7. The third-order valence-corrected chi connectivity index (χ3v) is 7.93. The molecule has 2 aromatic carbocycles. The number of carbonyl (C=O) groups excluding carboxylic acids is 2. The summed E-state index contributed by atoms with van der Waals surface area (Å²) in [6.07, 6.45) is 2.18. The smallest absolute Gasteiger partial charge is 0.230 e. The monoisotopic (exact) mass is 494 g/mol. The van der Waals surface area contributed by atoms with E-state index in [1.54, 1.807) is 11.0 Å². The van der Waals surface area contributed by atoms with Gasteiger partial charge < -0.3 is 10.2 Å². The molecule has 0 spiro atoms. The van der Waals surface area contributed by atoms with E-state index in [0.717, 1.165) is 24.5 Å². The highest BCUT2D eigenvalue weighted by atomic mass is 79.9. The lowest BCUT2D eigenvalue weighted by Gasteiger charge is -2.18. The van der Waals surface area contributed by atoms with Gasteiger partial charge in [0.1, 0.15) is 5.82 Å². The summed E-state index contributed by atoms with van der Waals surface area (Å²) < 4.78 is 39.5. The van der Waals surface area contributed by atoms with E-state index in [1.165, 1.54) is 24.3 Å². The Morgan fingerprint density at radius 1 is 1.20 bits per heavy atom. The molecule has 1 heterocycles. The first-order valence-electron chi connectivity index (χ1n) is 9.66. The number of halogens is 2. The summed E-state index contributed by atoms with van der Waals surface area (Å²) in [6.45, 7) is 0.552. The maximum atomic E-state index is 13.2. The molecule has 0 atom stereocenters. The molecular weight excluding hydrogens is 475 g/mol. The van der Waals surface area contributed by atoms with Crippen molar-refractivity contribution >= 4 is 49.0 Å². The van der Waals surface area contributed by atoms with Gasteiger partial charge in [-0.2, -0.15) is 0 Å². The molecule has 0 aromatic heterocycles. The molecule has 2 amide bonds. The van der Waals surface area contributed by atoms with Crippen molar-refractivity contribution in [3.63, 3.8) is 0 Å². The van der Waals surface area contributed by atoms with Crippen molar-refractivity contribution in [2.45, 2.75) is 30.6 Å². The molecule has 9 heteroatoms. The Hall–Kier alpha value is -2.26. The SMILES string of the molecule is O=C(CCS(=O)(=O)c1cc2c(cc1Br)CCN2C(=O)C1CC1)Nc1cccc(F)c1. The van der Waals surface area contributed by atoms with Gasteiger partial charge in [0.2, 0.25) is 11.8 Å². The van der Waals surface area contributed by atoms with E-state index in [0.29, 0.717) is 23.1 Å². The number of nitrogens with one attached hydrogen (secondary N) is 1. The van der Waals surface area contributed by atoms with Gasteiger partial charge in [-0.05, 0) is 71.1 Å². The fourth-order valence-corrected chi connectivity index (χ4v) is 5.98. The summed E-state index contributed by atoms with van der Waals surface area (Å²) in [5.41, 5.74) is 1.84. The maximum absolute atomic E-state index is 13.2. The Bertz CT molecular complexity index is 1130. The highest BCUT2D eigenvalue weighted by Gasteiger charge is 2.37. The minimum atomic E-state index is -3.78. The molecule has 2 aliphatic rings. The second kappa shape index (κ2) is 8.11. The van der Waals surface area contributed by atoms with Gasteiger partial charge in [0, 0.05) is 34.7 Å².